The molecule has 0 aliphatic heterocycles. The fraction of sp³-hybridized carbons (Fsp3) is 0.364. The lowest BCUT2D eigenvalue weighted by Crippen LogP contribution is -2.00. The van der Waals surface area contributed by atoms with Crippen LogP contribution < -0.4 is 9.47 Å². The summed E-state index contributed by atoms with van der Waals surface area (Å²) in [7, 11) is 3.29. The van der Waals surface area contributed by atoms with E-state index >= 15 is 0 Å². The van der Waals surface area contributed by atoms with Crippen molar-refractivity contribution in [2.45, 2.75) is 39.5 Å². The molecule has 2 aromatic carbocycles. The molecule has 138 valence electrons. The molecule has 0 amide bonds. The molecule has 0 heterocycles. The van der Waals surface area contributed by atoms with Crippen LogP contribution in [0.2, 0.25) is 0 Å². The van der Waals surface area contributed by atoms with Crippen LogP contribution >= 0.6 is 0 Å². The number of aryl methyl sites for hydroxylation is 2. The Morgan fingerprint density at radius 3 is 1.42 bits per heavy atom. The predicted octanol–water partition coefficient (Wildman–Crippen LogP) is 4.67. The van der Waals surface area contributed by atoms with E-state index in [1.54, 1.807) is 40.2 Å². The van der Waals surface area contributed by atoms with Crippen LogP contribution in [-0.4, -0.2) is 25.8 Å². The van der Waals surface area contributed by atoms with Crippen molar-refractivity contribution in [3.05, 3.63) is 58.7 Å². The average molecular weight is 354 g/mol. The summed E-state index contributed by atoms with van der Waals surface area (Å²) >= 11 is 0. The number of ketones is 2. The fourth-order valence-corrected chi connectivity index (χ4v) is 3.02. The van der Waals surface area contributed by atoms with Gasteiger partial charge in [-0.1, -0.05) is 0 Å². The molecule has 0 saturated carbocycles. The Bertz CT molecular complexity index is 725. The van der Waals surface area contributed by atoms with Crippen LogP contribution in [0.25, 0.3) is 0 Å². The largest absolute Gasteiger partial charge is 0.496 e. The first-order valence-electron chi connectivity index (χ1n) is 8.82. The molecule has 0 aromatic heterocycles. The number of hydrogen-bond acceptors (Lipinski definition) is 4. The van der Waals surface area contributed by atoms with Crippen LogP contribution in [0.3, 0.4) is 0 Å². The maximum absolute atomic E-state index is 11.6. The van der Waals surface area contributed by atoms with E-state index < -0.39 is 0 Å². The second kappa shape index (κ2) is 9.18. The van der Waals surface area contributed by atoms with Crippen molar-refractivity contribution in [3.8, 4) is 11.5 Å². The Morgan fingerprint density at radius 2 is 1.12 bits per heavy atom. The van der Waals surface area contributed by atoms with Crippen LogP contribution in [0.15, 0.2) is 36.4 Å². The molecule has 0 fully saturated rings. The Labute approximate surface area is 155 Å². The third-order valence-corrected chi connectivity index (χ3v) is 4.52. The van der Waals surface area contributed by atoms with Crippen LogP contribution in [0.1, 0.15) is 58.5 Å². The molecule has 0 unspecified atom stereocenters. The first-order valence-corrected chi connectivity index (χ1v) is 8.82. The summed E-state index contributed by atoms with van der Waals surface area (Å²) in [6.45, 7) is 3.14. The monoisotopic (exact) mass is 354 g/mol. The Balaban J connectivity index is 2.03. The maximum Gasteiger partial charge on any atom is 0.159 e. The van der Waals surface area contributed by atoms with Crippen LogP contribution in [0.4, 0.5) is 0 Å². The highest BCUT2D eigenvalue weighted by Gasteiger charge is 2.09. The summed E-state index contributed by atoms with van der Waals surface area (Å²) in [6.07, 6.45) is 3.56. The molecule has 26 heavy (non-hydrogen) atoms. The van der Waals surface area contributed by atoms with Gasteiger partial charge in [0.1, 0.15) is 11.5 Å². The van der Waals surface area contributed by atoms with E-state index in [1.807, 2.05) is 24.3 Å². The van der Waals surface area contributed by atoms with Crippen molar-refractivity contribution >= 4 is 11.6 Å². The topological polar surface area (TPSA) is 52.6 Å². The van der Waals surface area contributed by atoms with Gasteiger partial charge in [0.2, 0.25) is 0 Å². The third kappa shape index (κ3) is 4.94. The van der Waals surface area contributed by atoms with E-state index in [0.29, 0.717) is 11.1 Å². The van der Waals surface area contributed by atoms with Gasteiger partial charge in [-0.25, -0.2) is 0 Å². The summed E-state index contributed by atoms with van der Waals surface area (Å²) in [5, 5.41) is 0. The smallest absolute Gasteiger partial charge is 0.159 e. The van der Waals surface area contributed by atoms with E-state index in [4.69, 9.17) is 9.47 Å². The minimum Gasteiger partial charge on any atom is -0.496 e. The van der Waals surface area contributed by atoms with Gasteiger partial charge in [0, 0.05) is 11.1 Å². The van der Waals surface area contributed by atoms with E-state index in [-0.39, 0.29) is 11.6 Å². The molecule has 0 aliphatic rings. The van der Waals surface area contributed by atoms with Gasteiger partial charge < -0.3 is 9.47 Å². The summed E-state index contributed by atoms with van der Waals surface area (Å²) < 4.78 is 10.8. The Kier molecular flexibility index (Phi) is 6.96. The molecule has 0 aliphatic carbocycles. The Morgan fingerprint density at radius 1 is 0.731 bits per heavy atom. The SMILES string of the molecule is COc1ccc(C(C)=O)cc1CCCCc1cc(C(C)=O)ccc1OC. The molecular weight excluding hydrogens is 328 g/mol. The van der Waals surface area contributed by atoms with E-state index in [1.165, 1.54) is 0 Å². The maximum atomic E-state index is 11.6. The highest BCUT2D eigenvalue weighted by atomic mass is 16.5. The minimum absolute atomic E-state index is 0.0553. The molecule has 4 heteroatoms. The summed E-state index contributed by atoms with van der Waals surface area (Å²) in [4.78, 5) is 23.2. The van der Waals surface area contributed by atoms with Crippen molar-refractivity contribution in [1.82, 2.24) is 0 Å². The van der Waals surface area contributed by atoms with E-state index in [2.05, 4.69) is 0 Å². The van der Waals surface area contributed by atoms with E-state index in [0.717, 1.165) is 48.3 Å². The highest BCUT2D eigenvalue weighted by Crippen LogP contribution is 2.25. The van der Waals surface area contributed by atoms with Gasteiger partial charge in [-0.15, -0.1) is 0 Å². The van der Waals surface area contributed by atoms with Gasteiger partial charge >= 0.3 is 0 Å². The first-order chi connectivity index (χ1) is 12.5. The average Bonchev–Trinajstić information content (AvgIpc) is 2.64. The number of rotatable bonds is 9. The molecule has 0 radical (unpaired) electrons. The second-order valence-corrected chi connectivity index (χ2v) is 6.37. The molecule has 2 aromatic rings. The normalized spacial score (nSPS) is 10.5. The molecule has 2 rings (SSSR count). The number of hydrogen-bond donors (Lipinski definition) is 0. The highest BCUT2D eigenvalue weighted by molar-refractivity contribution is 5.94. The summed E-state index contributed by atoms with van der Waals surface area (Å²) in [5.74, 6) is 1.73. The molecule has 0 saturated heterocycles. The summed E-state index contributed by atoms with van der Waals surface area (Å²) in [6, 6.07) is 11.1. The number of ether oxygens (including phenoxy) is 2. The fourth-order valence-electron chi connectivity index (χ4n) is 3.02. The van der Waals surface area contributed by atoms with Crippen LogP contribution in [-0.2, 0) is 12.8 Å². The van der Waals surface area contributed by atoms with Gasteiger partial charge in [0.05, 0.1) is 14.2 Å². The van der Waals surface area contributed by atoms with Gasteiger partial charge in [0.15, 0.2) is 11.6 Å². The molecular formula is C22H26O4. The van der Waals surface area contributed by atoms with Gasteiger partial charge in [-0.2, -0.15) is 0 Å². The zero-order valence-corrected chi connectivity index (χ0v) is 15.9. The predicted molar refractivity (Wildman–Crippen MR) is 103 cm³/mol. The van der Waals surface area contributed by atoms with Crippen molar-refractivity contribution in [3.63, 3.8) is 0 Å². The lowest BCUT2D eigenvalue weighted by atomic mass is 9.98. The van der Waals surface area contributed by atoms with Crippen molar-refractivity contribution in [1.29, 1.82) is 0 Å². The van der Waals surface area contributed by atoms with Gasteiger partial charge in [-0.05, 0) is 87.1 Å². The lowest BCUT2D eigenvalue weighted by molar-refractivity contribution is 0.100. The van der Waals surface area contributed by atoms with Crippen LogP contribution in [0, 0.1) is 0 Å². The Hall–Kier alpha value is -2.62. The molecule has 0 atom stereocenters. The summed E-state index contributed by atoms with van der Waals surface area (Å²) in [5.41, 5.74) is 3.50. The van der Waals surface area contributed by atoms with Crippen molar-refractivity contribution in [2.75, 3.05) is 14.2 Å². The van der Waals surface area contributed by atoms with Crippen molar-refractivity contribution < 1.29 is 19.1 Å². The zero-order valence-electron chi connectivity index (χ0n) is 15.9. The van der Waals surface area contributed by atoms with E-state index in [9.17, 15) is 9.59 Å². The lowest BCUT2D eigenvalue weighted by Gasteiger charge is -2.12. The first kappa shape index (κ1) is 19.7. The minimum atomic E-state index is 0.0553. The molecule has 0 spiro atoms. The number of unbranched alkanes of at least 4 members (excludes halogenated alkanes) is 1. The zero-order chi connectivity index (χ0) is 19.1. The van der Waals surface area contributed by atoms with Gasteiger partial charge in [0.25, 0.3) is 0 Å². The number of carbonyl (C=O) groups is 2. The van der Waals surface area contributed by atoms with Gasteiger partial charge in [-0.3, -0.25) is 9.59 Å². The molecule has 4 nitrogen and oxygen atoms in total. The third-order valence-electron chi connectivity index (χ3n) is 4.52. The standard InChI is InChI=1S/C22H26O4/c1-15(23)17-9-11-21(25-3)19(13-17)7-5-6-8-20-14-18(16(2)24)10-12-22(20)26-4/h9-14H,5-8H2,1-4H3. The second-order valence-electron chi connectivity index (χ2n) is 6.37. The van der Waals surface area contributed by atoms with Crippen molar-refractivity contribution in [2.24, 2.45) is 0 Å². The molecule has 0 bridgehead atoms. The number of Topliss-reactive ketones (excluding diaryl/α,β-unsaturated/α-hetero) is 2. The number of methoxy groups -OCH3 is 2. The quantitative estimate of drug-likeness (QED) is 0.485. The molecule has 0 N–H and O–H groups in total. The number of carbonyl (C=O) groups excluding carboxylic acids is 2. The number of benzene rings is 2. The van der Waals surface area contributed by atoms with Crippen LogP contribution in [0.5, 0.6) is 11.5 Å².